The first-order chi connectivity index (χ1) is 50.4. The molecule has 13 aliphatic carbocycles. The van der Waals surface area contributed by atoms with Crippen molar-refractivity contribution in [2.24, 2.45) is 92.2 Å². The maximum absolute atomic E-state index is 12.4. The summed E-state index contributed by atoms with van der Waals surface area (Å²) in [5.41, 5.74) is 14.1. The summed E-state index contributed by atoms with van der Waals surface area (Å²) in [5.74, 6) is 10.1. The first-order valence-corrected chi connectivity index (χ1v) is 43.8. The van der Waals surface area contributed by atoms with Crippen molar-refractivity contribution in [2.75, 3.05) is 13.7 Å². The number of fused-ring (bicyclic) bond motifs is 13. The van der Waals surface area contributed by atoms with Crippen molar-refractivity contribution >= 4 is 22.0 Å². The monoisotopic (exact) mass is 1470 g/mol. The van der Waals surface area contributed by atoms with Crippen molar-refractivity contribution in [2.45, 2.75) is 317 Å². The molecule has 4 N–H and O–H groups in total. The fraction of sp³-hybridized carbons (Fsp3) is 0.695. The van der Waals surface area contributed by atoms with Crippen LogP contribution in [0, 0.1) is 99.1 Å². The van der Waals surface area contributed by atoms with Crippen LogP contribution in [-0.2, 0) is 43.8 Å². The number of aliphatic hydroxyl groups excluding tert-OH is 3. The van der Waals surface area contributed by atoms with Gasteiger partial charge in [-0.25, -0.2) is 0 Å². The molecule has 9 saturated carbocycles. The van der Waals surface area contributed by atoms with Gasteiger partial charge >= 0.3 is 0 Å². The SMILES string of the molecule is CC(C)(C)O[C@H]1CC[C@H]2[C@@H]3CCc4cc(CO)ccc4C=C3CC[C@]12C.CC[C@]12CC=CC[C@@H]1CC[C@@H]1[C@@H]2CC[C@]2(C)C(=O)CC[C@@H]12.COc1cccc(CC[C@@H]2/C(=C/CO)CC[C@]3(C)[C@@H](OC(C)(C)C)CC[C@@H]23)c1.C[C@]12CC[C@@H]3CC4=C(CC=CC4)CC[C@H]3[C@@H]1CCC2O.Cc1ccc(S(=O)(=O)O)cc1. The second-order valence-electron chi connectivity index (χ2n) is 38.7. The van der Waals surface area contributed by atoms with Crippen LogP contribution in [0.4, 0.5) is 0 Å². The molecule has 0 spiro atoms. The molecule has 0 amide bonds. The van der Waals surface area contributed by atoms with Crippen LogP contribution in [0.2, 0.25) is 0 Å². The molecule has 9 fully saturated rings. The van der Waals surface area contributed by atoms with Gasteiger partial charge in [-0.3, -0.25) is 9.35 Å². The number of Topliss-reactive ketones (excluding diaryl/α,β-unsaturated/α-hetero) is 1. The third kappa shape index (κ3) is 17.1. The maximum atomic E-state index is 12.4. The van der Waals surface area contributed by atoms with E-state index < -0.39 is 10.1 Å². The molecule has 0 heterocycles. The molecule has 10 nitrogen and oxygen atoms in total. The van der Waals surface area contributed by atoms with Gasteiger partial charge in [0.25, 0.3) is 10.1 Å². The molecule has 0 aliphatic heterocycles. The normalized spacial score (nSPS) is 37.2. The van der Waals surface area contributed by atoms with E-state index in [9.17, 15) is 28.5 Å². The molecule has 11 heteroatoms. The van der Waals surface area contributed by atoms with Gasteiger partial charge in [0.1, 0.15) is 11.5 Å². The van der Waals surface area contributed by atoms with Crippen LogP contribution >= 0.6 is 0 Å². The lowest BCUT2D eigenvalue weighted by Crippen LogP contribution is -2.53. The van der Waals surface area contributed by atoms with Crippen molar-refractivity contribution in [1.29, 1.82) is 0 Å². The molecule has 13 aliphatic rings. The van der Waals surface area contributed by atoms with E-state index in [4.69, 9.17) is 18.8 Å². The number of rotatable bonds is 10. The molecule has 584 valence electrons. The largest absolute Gasteiger partial charge is 0.497 e. The number of allylic oxidation sites excluding steroid dienone is 8. The van der Waals surface area contributed by atoms with Gasteiger partial charge in [-0.1, -0.05) is 141 Å². The molecular formula is C95H138O10S. The highest BCUT2D eigenvalue weighted by molar-refractivity contribution is 7.85. The lowest BCUT2D eigenvalue weighted by molar-refractivity contribution is -0.138. The number of ketones is 1. The van der Waals surface area contributed by atoms with Gasteiger partial charge < -0.3 is 29.5 Å². The summed E-state index contributed by atoms with van der Waals surface area (Å²) < 4.78 is 48.0. The van der Waals surface area contributed by atoms with Crippen LogP contribution in [-0.4, -0.2) is 77.3 Å². The van der Waals surface area contributed by atoms with Gasteiger partial charge in [-0.15, -0.1) is 0 Å². The third-order valence-electron chi connectivity index (χ3n) is 31.0. The van der Waals surface area contributed by atoms with E-state index in [1.165, 1.54) is 182 Å². The first-order valence-electron chi connectivity index (χ1n) is 42.3. The van der Waals surface area contributed by atoms with E-state index in [1.807, 2.05) is 13.0 Å². The zero-order valence-electron chi connectivity index (χ0n) is 67.7. The predicted molar refractivity (Wildman–Crippen MR) is 431 cm³/mol. The molecule has 0 saturated heterocycles. The number of carbonyl (C=O) groups excluding carboxylic acids is 1. The lowest BCUT2D eigenvalue weighted by Gasteiger charge is -2.59. The Bertz CT molecular complexity index is 3810. The molecule has 106 heavy (non-hydrogen) atoms. The molecule has 0 aromatic heterocycles. The minimum atomic E-state index is -4.02. The maximum Gasteiger partial charge on any atom is 0.294 e. The Labute approximate surface area is 641 Å². The fourth-order valence-electron chi connectivity index (χ4n) is 25.3. The highest BCUT2D eigenvalue weighted by Crippen LogP contribution is 2.67. The molecular weight excluding hydrogens is 1330 g/mol. The molecule has 0 radical (unpaired) electrons. The van der Waals surface area contributed by atoms with Crippen molar-refractivity contribution in [3.05, 3.63) is 147 Å². The third-order valence-corrected chi connectivity index (χ3v) is 31.8. The number of methoxy groups -OCH3 is 1. The zero-order chi connectivity index (χ0) is 75.8. The summed E-state index contributed by atoms with van der Waals surface area (Å²) in [5, 5.41) is 29.5. The minimum Gasteiger partial charge on any atom is -0.497 e. The van der Waals surface area contributed by atoms with E-state index >= 15 is 0 Å². The lowest BCUT2D eigenvalue weighted by atomic mass is 9.45. The number of hydrogen-bond acceptors (Lipinski definition) is 9. The number of aliphatic hydroxyl groups is 3. The van der Waals surface area contributed by atoms with E-state index in [2.05, 4.69) is 149 Å². The van der Waals surface area contributed by atoms with Gasteiger partial charge in [0, 0.05) is 11.8 Å². The van der Waals surface area contributed by atoms with Crippen molar-refractivity contribution < 1.29 is 47.3 Å². The summed E-state index contributed by atoms with van der Waals surface area (Å²) in [7, 11) is -2.30. The number of hydrogen-bond donors (Lipinski definition) is 4. The van der Waals surface area contributed by atoms with Crippen LogP contribution in [0.1, 0.15) is 284 Å². The standard InChI is InChI=1S/C25H38O3.C24H34O2.C20H30O.C19H28O.C7H8O3S/c1-24(2,3)28-23-12-11-22-21(19(14-16-26)13-15-25(22,23)4)10-9-18-7-6-8-20(17-18)27-5;1-23(2,3)26-22-10-9-21-20-8-7-17-13-16(15-25)5-6-18(17)14-19(20)11-12-24(21,22)4;1-3-20-12-5-4-6-14(20)7-8-15-16-9-10-18(21)19(16,2)13-11-17(15)20;1-19-11-10-15-12-14-5-3-2-4-13(14)6-7-16(15)17(19)8-9-18(19)20;1-6-2-4-7(5-3-6)11(8,9)10/h6-8,14,17,21-23,26H,9-13,15-16H2,1-5H3;5-6,13-14,20-22,25H,7-12,15H2,1-4H3;4-5,14-17H,3,6-13H2,1-2H3;2-3,15-18,20H,4-12H2,1H3;2-5H,1H3,(H,8,9,10)/b19-14+;;;;/t21-,22+,23+,25+;20-,21+,22+,24+;14-,15+,16+,17+,19+,20+;15-,16-,17+,18?,19+;/m1111./s1. The van der Waals surface area contributed by atoms with Crippen LogP contribution in [0.3, 0.4) is 0 Å². The smallest absolute Gasteiger partial charge is 0.294 e. The van der Waals surface area contributed by atoms with E-state index in [0.29, 0.717) is 52.5 Å². The fourth-order valence-corrected chi connectivity index (χ4v) is 25.7. The highest BCUT2D eigenvalue weighted by atomic mass is 32.2. The topological polar surface area (TPSA) is 160 Å². The molecule has 1 unspecified atom stereocenters. The Kier molecular flexibility index (Phi) is 25.3. The number of ether oxygens (including phenoxy) is 3. The summed E-state index contributed by atoms with van der Waals surface area (Å²) in [4.78, 5) is 12.4. The molecule has 19 atom stereocenters. The Hall–Kier alpha value is -4.46. The molecule has 3 aromatic carbocycles. The van der Waals surface area contributed by atoms with Crippen molar-refractivity contribution in [3.8, 4) is 5.75 Å². The summed E-state index contributed by atoms with van der Waals surface area (Å²) in [6.07, 6.45) is 51.9. The second kappa shape index (κ2) is 33.1. The van der Waals surface area contributed by atoms with Crippen molar-refractivity contribution in [1.82, 2.24) is 0 Å². The van der Waals surface area contributed by atoms with Crippen LogP contribution < -0.4 is 4.74 Å². The number of aryl methyl sites for hydroxylation is 3. The first kappa shape index (κ1) is 81.0. The van der Waals surface area contributed by atoms with Gasteiger partial charge in [0.15, 0.2) is 0 Å². The summed E-state index contributed by atoms with van der Waals surface area (Å²) in [6.45, 7) is 27.3. The van der Waals surface area contributed by atoms with Crippen molar-refractivity contribution in [3.63, 3.8) is 0 Å². The van der Waals surface area contributed by atoms with E-state index in [0.717, 1.165) is 103 Å². The number of carbonyl (C=O) groups is 1. The van der Waals surface area contributed by atoms with Crippen LogP contribution in [0.15, 0.2) is 124 Å². The Balaban J connectivity index is 0.000000127. The quantitative estimate of drug-likeness (QED) is 0.114. The van der Waals surface area contributed by atoms with Crippen LogP contribution in [0.25, 0.3) is 6.08 Å². The predicted octanol–water partition coefficient (Wildman–Crippen LogP) is 22.1. The molecule has 16 rings (SSSR count). The van der Waals surface area contributed by atoms with Gasteiger partial charge in [-0.2, -0.15) is 8.42 Å². The summed E-state index contributed by atoms with van der Waals surface area (Å²) >= 11 is 0. The number of benzene rings is 3. The average molecular weight is 1470 g/mol. The average Bonchev–Trinajstić information content (AvgIpc) is 1.28. The van der Waals surface area contributed by atoms with E-state index in [1.54, 1.807) is 36.0 Å². The Morgan fingerprint density at radius 2 is 1.32 bits per heavy atom. The van der Waals surface area contributed by atoms with Crippen LogP contribution in [0.5, 0.6) is 5.75 Å². The van der Waals surface area contributed by atoms with Gasteiger partial charge in [0.2, 0.25) is 0 Å². The molecule has 0 bridgehead atoms. The second-order valence-corrected chi connectivity index (χ2v) is 40.1. The zero-order valence-corrected chi connectivity index (χ0v) is 68.5. The Morgan fingerprint density at radius 1 is 0.623 bits per heavy atom. The molecule has 3 aromatic rings. The Morgan fingerprint density at radius 3 is 2.01 bits per heavy atom. The minimum absolute atomic E-state index is 0.0269. The highest BCUT2D eigenvalue weighted by Gasteiger charge is 2.61. The van der Waals surface area contributed by atoms with E-state index in [-0.39, 0.29) is 51.7 Å². The summed E-state index contributed by atoms with van der Waals surface area (Å²) in [6, 6.07) is 20.9. The van der Waals surface area contributed by atoms with Gasteiger partial charge in [0.05, 0.1) is 54.7 Å². The van der Waals surface area contributed by atoms with Gasteiger partial charge in [-0.05, 0) is 368 Å².